The van der Waals surface area contributed by atoms with E-state index in [1.165, 1.54) is 33.5 Å². The number of aliphatic hydroxyl groups is 1. The molecule has 1 N–H and O–H groups in total. The van der Waals surface area contributed by atoms with Crippen molar-refractivity contribution in [2.75, 3.05) is 0 Å². The number of allylic oxidation sites excluding steroid dienone is 2. The van der Waals surface area contributed by atoms with E-state index >= 15 is 0 Å². The third-order valence-corrected chi connectivity index (χ3v) is 10.5. The average Bonchev–Trinajstić information content (AvgIpc) is 3.43. The van der Waals surface area contributed by atoms with Crippen LogP contribution in [0, 0.1) is 37.7 Å². The second-order valence-corrected chi connectivity index (χ2v) is 13.5. The molecule has 48 heavy (non-hydrogen) atoms. The van der Waals surface area contributed by atoms with Crippen LogP contribution in [-0.2, 0) is 24.9 Å². The first-order valence-corrected chi connectivity index (χ1v) is 16.8. The standard InChI is InChI=1S/C27H19N2O.C15H28O2.Ir/c1-15-8-16(2)24-17(3)10-21(11-20(24)9-15)26-25-22-12-18-6-4-5-7-19(18)13-23(22)30-27(25)29-14-28-26;1-7-14(5,8-2)12(16)11-13(17)15(6,9-3)10-4;/h4-10,12-14H,1-3H3;11,16H,7-10H2,1-6H3;/q-1;;/b;12-11-;. The molecule has 0 aliphatic heterocycles. The van der Waals surface area contributed by atoms with Crippen molar-refractivity contribution in [3.63, 3.8) is 0 Å². The fraction of sp³-hybridized carbons (Fsp3) is 0.357. The zero-order valence-electron chi connectivity index (χ0n) is 29.7. The van der Waals surface area contributed by atoms with Crippen molar-refractivity contribution in [1.82, 2.24) is 9.97 Å². The van der Waals surface area contributed by atoms with Gasteiger partial charge in [-0.15, -0.1) is 29.1 Å². The first kappa shape index (κ1) is 37.0. The third kappa shape index (κ3) is 6.97. The Kier molecular flexibility index (Phi) is 11.3. The summed E-state index contributed by atoms with van der Waals surface area (Å²) in [6, 6.07) is 22.8. The van der Waals surface area contributed by atoms with Gasteiger partial charge in [-0.1, -0.05) is 101 Å². The van der Waals surface area contributed by atoms with Crippen LogP contribution in [-0.4, -0.2) is 20.9 Å². The van der Waals surface area contributed by atoms with Crippen molar-refractivity contribution >= 4 is 49.4 Å². The second kappa shape index (κ2) is 14.7. The van der Waals surface area contributed by atoms with Crippen LogP contribution in [0.3, 0.4) is 0 Å². The molecule has 6 rings (SSSR count). The van der Waals surface area contributed by atoms with Crippen molar-refractivity contribution in [2.24, 2.45) is 10.8 Å². The van der Waals surface area contributed by atoms with Crippen LogP contribution in [0.5, 0.6) is 0 Å². The van der Waals surface area contributed by atoms with Gasteiger partial charge in [-0.2, -0.15) is 0 Å². The van der Waals surface area contributed by atoms with E-state index in [2.05, 4.69) is 85.3 Å². The maximum atomic E-state index is 12.2. The molecule has 0 amide bonds. The smallest absolute Gasteiger partial charge is 0.223 e. The molecule has 5 nitrogen and oxygen atoms in total. The van der Waals surface area contributed by atoms with Gasteiger partial charge in [-0.05, 0) is 62.4 Å². The number of rotatable bonds is 8. The summed E-state index contributed by atoms with van der Waals surface area (Å²) in [5.41, 5.74) is 6.40. The van der Waals surface area contributed by atoms with Crippen LogP contribution in [0.1, 0.15) is 83.9 Å². The van der Waals surface area contributed by atoms with E-state index in [4.69, 9.17) is 4.42 Å². The molecule has 0 unspecified atom stereocenters. The summed E-state index contributed by atoms with van der Waals surface area (Å²) in [5, 5.41) is 16.8. The number of carbonyl (C=O) groups is 1. The Bertz CT molecular complexity index is 2130. The summed E-state index contributed by atoms with van der Waals surface area (Å²) in [6.07, 6.45) is 6.33. The van der Waals surface area contributed by atoms with Gasteiger partial charge in [0.15, 0.2) is 5.78 Å². The topological polar surface area (TPSA) is 76.2 Å². The molecule has 0 aliphatic carbocycles. The monoisotopic (exact) mass is 820 g/mol. The fourth-order valence-corrected chi connectivity index (χ4v) is 6.37. The minimum atomic E-state index is -0.337. The number of benzene rings is 4. The van der Waals surface area contributed by atoms with Gasteiger partial charge < -0.3 is 9.52 Å². The van der Waals surface area contributed by atoms with Crippen molar-refractivity contribution in [3.05, 3.63) is 95.5 Å². The molecule has 6 heteroatoms. The zero-order valence-corrected chi connectivity index (χ0v) is 32.1. The first-order chi connectivity index (χ1) is 22.4. The predicted molar refractivity (Wildman–Crippen MR) is 196 cm³/mol. The van der Waals surface area contributed by atoms with E-state index in [0.29, 0.717) is 5.71 Å². The summed E-state index contributed by atoms with van der Waals surface area (Å²) >= 11 is 0. The fourth-order valence-electron chi connectivity index (χ4n) is 6.37. The van der Waals surface area contributed by atoms with Gasteiger partial charge in [0.25, 0.3) is 0 Å². The van der Waals surface area contributed by atoms with Gasteiger partial charge in [-0.3, -0.25) is 9.78 Å². The van der Waals surface area contributed by atoms with E-state index in [1.54, 1.807) is 6.33 Å². The molecule has 0 atom stereocenters. The number of carbonyl (C=O) groups excluding carboxylic acids is 1. The van der Waals surface area contributed by atoms with Gasteiger partial charge in [-0.25, -0.2) is 4.98 Å². The van der Waals surface area contributed by atoms with E-state index in [9.17, 15) is 9.90 Å². The molecule has 253 valence electrons. The van der Waals surface area contributed by atoms with Crippen LogP contribution in [0.15, 0.2) is 77.2 Å². The molecule has 2 heterocycles. The average molecular weight is 820 g/mol. The molecule has 4 aromatic carbocycles. The summed E-state index contributed by atoms with van der Waals surface area (Å²) in [5.74, 6) is 0.286. The molecule has 0 saturated heterocycles. The van der Waals surface area contributed by atoms with Crippen LogP contribution in [0.25, 0.3) is 54.9 Å². The van der Waals surface area contributed by atoms with Crippen molar-refractivity contribution in [1.29, 1.82) is 0 Å². The molecular formula is C42H47IrN2O3-. The van der Waals surface area contributed by atoms with Gasteiger partial charge in [0, 0.05) is 53.5 Å². The largest absolute Gasteiger partial charge is 0.512 e. The van der Waals surface area contributed by atoms with Gasteiger partial charge in [0.05, 0.1) is 0 Å². The van der Waals surface area contributed by atoms with E-state index in [1.807, 2.05) is 47.6 Å². The van der Waals surface area contributed by atoms with Crippen molar-refractivity contribution < 1.29 is 34.4 Å². The number of furan rings is 1. The minimum Gasteiger partial charge on any atom is -0.512 e. The van der Waals surface area contributed by atoms with Crippen molar-refractivity contribution in [3.8, 4) is 11.3 Å². The Morgan fingerprint density at radius 1 is 0.833 bits per heavy atom. The second-order valence-electron chi connectivity index (χ2n) is 13.5. The Labute approximate surface area is 298 Å². The maximum absolute atomic E-state index is 12.2. The van der Waals surface area contributed by atoms with E-state index in [-0.39, 0.29) is 42.5 Å². The molecule has 0 bridgehead atoms. The van der Waals surface area contributed by atoms with Gasteiger partial charge >= 0.3 is 0 Å². The number of aliphatic hydroxyl groups excluding tert-OH is 1. The number of fused-ring (bicyclic) bond motifs is 5. The van der Waals surface area contributed by atoms with E-state index in [0.717, 1.165) is 64.1 Å². The molecule has 1 radical (unpaired) electrons. The number of aryl methyl sites for hydroxylation is 3. The number of nitrogens with zero attached hydrogens (tertiary/aromatic N) is 2. The summed E-state index contributed by atoms with van der Waals surface area (Å²) in [6.45, 7) is 18.5. The summed E-state index contributed by atoms with van der Waals surface area (Å²) < 4.78 is 6.11. The Morgan fingerprint density at radius 3 is 2.06 bits per heavy atom. The Balaban J connectivity index is 0.000000251. The van der Waals surface area contributed by atoms with Crippen LogP contribution in [0.2, 0.25) is 0 Å². The molecule has 0 saturated carbocycles. The van der Waals surface area contributed by atoms with Crippen LogP contribution < -0.4 is 0 Å². The maximum Gasteiger partial charge on any atom is 0.223 e. The van der Waals surface area contributed by atoms with Gasteiger partial charge in [0.1, 0.15) is 17.7 Å². The van der Waals surface area contributed by atoms with Crippen LogP contribution >= 0.6 is 0 Å². The number of hydrogen-bond acceptors (Lipinski definition) is 5. The predicted octanol–water partition coefficient (Wildman–Crippen LogP) is 11.7. The quantitative estimate of drug-likeness (QED) is 0.0940. The number of aromatic nitrogens is 2. The first-order valence-electron chi connectivity index (χ1n) is 16.8. The van der Waals surface area contributed by atoms with Gasteiger partial charge in [0.2, 0.25) is 5.71 Å². The summed E-state index contributed by atoms with van der Waals surface area (Å²) in [7, 11) is 0. The number of ketones is 1. The zero-order chi connectivity index (χ0) is 34.1. The molecule has 0 spiro atoms. The molecule has 2 aromatic heterocycles. The molecule has 6 aromatic rings. The minimum absolute atomic E-state index is 0. The molecule has 0 fully saturated rings. The molecule has 0 aliphatic rings. The Hall–Kier alpha value is -3.86. The third-order valence-electron chi connectivity index (χ3n) is 10.5. The van der Waals surface area contributed by atoms with Crippen LogP contribution in [0.4, 0.5) is 0 Å². The SMILES string of the molecule is CCC(C)(CC)C(=O)/C=C(\O)C(C)(CC)CC.Cc1cc(C)c2c(C)cc(-c3ncnc4oc5cc6ccccc6cc5c34)[c-]c2c1.[Ir]. The summed E-state index contributed by atoms with van der Waals surface area (Å²) in [4.78, 5) is 21.3. The normalized spacial score (nSPS) is 12.3. The van der Waals surface area contributed by atoms with Crippen molar-refractivity contribution in [2.45, 2.75) is 88.0 Å². The molecular weight excluding hydrogens is 773 g/mol. The Morgan fingerprint density at radius 2 is 1.44 bits per heavy atom. The van der Waals surface area contributed by atoms with E-state index < -0.39 is 0 Å². The number of hydrogen-bond donors (Lipinski definition) is 1.